The van der Waals surface area contributed by atoms with Gasteiger partial charge in [0.15, 0.2) is 5.11 Å². The summed E-state index contributed by atoms with van der Waals surface area (Å²) in [4.78, 5) is 6.78. The number of hydrogen-bond acceptors (Lipinski definition) is 5. The molecule has 3 N–H and O–H groups in total. The number of anilines is 2. The van der Waals surface area contributed by atoms with Crippen molar-refractivity contribution in [1.82, 2.24) is 10.3 Å². The second-order valence-corrected chi connectivity index (χ2v) is 8.99. The number of piperazine rings is 1. The summed E-state index contributed by atoms with van der Waals surface area (Å²) in [5.41, 5.74) is 11.5. The lowest BCUT2D eigenvalue weighted by molar-refractivity contribution is 0.249. The van der Waals surface area contributed by atoms with Crippen molar-refractivity contribution < 1.29 is 4.39 Å². The van der Waals surface area contributed by atoms with E-state index in [-0.39, 0.29) is 10.9 Å². The minimum Gasteiger partial charge on any atom is -0.375 e. The standard InChI is InChI=1S/C23H28ClFN6S/c24-19-6-2-1-5-17(19)16-29-9-11-31(12-10-29)22-14-21(30-7-3-4-8-30)18(13-20(22)25)15-27-28-23(26)32/h1-2,5-6,13-15H,3-4,7-12,16H2,(H3,26,28,32)/b27-15+. The zero-order valence-corrected chi connectivity index (χ0v) is 19.5. The predicted molar refractivity (Wildman–Crippen MR) is 134 cm³/mol. The molecular formula is C23H28ClFN6S. The minimum absolute atomic E-state index is 0.0794. The fraction of sp³-hybridized carbons (Fsp3) is 0.391. The van der Waals surface area contributed by atoms with Crippen LogP contribution in [-0.4, -0.2) is 55.5 Å². The highest BCUT2D eigenvalue weighted by Gasteiger charge is 2.23. The van der Waals surface area contributed by atoms with Crippen LogP contribution in [0.2, 0.25) is 5.02 Å². The monoisotopic (exact) mass is 474 g/mol. The Balaban J connectivity index is 1.49. The Bertz CT molecular complexity index is 986. The highest BCUT2D eigenvalue weighted by atomic mass is 35.5. The van der Waals surface area contributed by atoms with Crippen LogP contribution < -0.4 is 21.0 Å². The topological polar surface area (TPSA) is 60.1 Å². The Kier molecular flexibility index (Phi) is 7.44. The van der Waals surface area contributed by atoms with Crippen molar-refractivity contribution >= 4 is 46.5 Å². The molecule has 32 heavy (non-hydrogen) atoms. The molecule has 0 aliphatic carbocycles. The van der Waals surface area contributed by atoms with Gasteiger partial charge in [-0.15, -0.1) is 0 Å². The molecule has 0 radical (unpaired) electrons. The first-order valence-electron chi connectivity index (χ1n) is 10.9. The SMILES string of the molecule is NC(=S)N/N=C/c1cc(F)c(N2CCN(Cc3ccccc3Cl)CC2)cc1N1CCCC1. The molecule has 4 rings (SSSR count). The maximum absolute atomic E-state index is 15.2. The summed E-state index contributed by atoms with van der Waals surface area (Å²) >= 11 is 11.1. The second kappa shape index (κ2) is 10.5. The number of nitrogens with zero attached hydrogens (tertiary/aromatic N) is 4. The van der Waals surface area contributed by atoms with Crippen molar-refractivity contribution in [2.45, 2.75) is 19.4 Å². The first kappa shape index (κ1) is 22.8. The molecule has 0 amide bonds. The number of nitrogens with two attached hydrogens (primary N) is 1. The average Bonchev–Trinajstić information content (AvgIpc) is 3.31. The van der Waals surface area contributed by atoms with E-state index in [1.54, 1.807) is 12.3 Å². The van der Waals surface area contributed by atoms with Crippen molar-refractivity contribution in [3.05, 3.63) is 58.4 Å². The van der Waals surface area contributed by atoms with Crippen molar-refractivity contribution in [3.8, 4) is 0 Å². The first-order valence-corrected chi connectivity index (χ1v) is 11.7. The Morgan fingerprint density at radius 2 is 1.75 bits per heavy atom. The van der Waals surface area contributed by atoms with Gasteiger partial charge in [-0.25, -0.2) is 4.39 Å². The summed E-state index contributed by atoms with van der Waals surface area (Å²) in [6.45, 7) is 5.95. The summed E-state index contributed by atoms with van der Waals surface area (Å²) < 4.78 is 15.2. The van der Waals surface area contributed by atoms with Crippen LogP contribution in [0.15, 0.2) is 41.5 Å². The molecule has 2 aliphatic heterocycles. The smallest absolute Gasteiger partial charge is 0.184 e. The third-order valence-corrected chi connectivity index (χ3v) is 6.45. The molecule has 2 aliphatic rings. The van der Waals surface area contributed by atoms with Gasteiger partial charge >= 0.3 is 0 Å². The molecule has 0 saturated carbocycles. The Labute approximate surface area is 198 Å². The average molecular weight is 475 g/mol. The molecule has 170 valence electrons. The zero-order valence-electron chi connectivity index (χ0n) is 17.9. The van der Waals surface area contributed by atoms with E-state index in [0.29, 0.717) is 11.3 Å². The molecule has 2 aromatic rings. The van der Waals surface area contributed by atoms with E-state index < -0.39 is 0 Å². The molecule has 6 nitrogen and oxygen atoms in total. The van der Waals surface area contributed by atoms with Crippen molar-refractivity contribution in [3.63, 3.8) is 0 Å². The summed E-state index contributed by atoms with van der Waals surface area (Å²) in [5, 5.41) is 4.92. The van der Waals surface area contributed by atoms with E-state index in [1.165, 1.54) is 0 Å². The Hall–Kier alpha value is -2.42. The van der Waals surface area contributed by atoms with Crippen molar-refractivity contribution in [2.24, 2.45) is 10.8 Å². The van der Waals surface area contributed by atoms with Crippen LogP contribution in [-0.2, 0) is 6.54 Å². The number of halogens is 2. The number of nitrogens with one attached hydrogen (secondary N) is 1. The third kappa shape index (κ3) is 5.49. The van der Waals surface area contributed by atoms with Gasteiger partial charge in [0.2, 0.25) is 0 Å². The van der Waals surface area contributed by atoms with E-state index in [4.69, 9.17) is 29.6 Å². The molecular weight excluding hydrogens is 447 g/mol. The van der Waals surface area contributed by atoms with Crippen LogP contribution in [0.5, 0.6) is 0 Å². The van der Waals surface area contributed by atoms with Crippen molar-refractivity contribution in [1.29, 1.82) is 0 Å². The lowest BCUT2D eigenvalue weighted by Gasteiger charge is -2.37. The van der Waals surface area contributed by atoms with Crippen LogP contribution in [0, 0.1) is 5.82 Å². The summed E-state index contributed by atoms with van der Waals surface area (Å²) in [6.07, 6.45) is 3.85. The maximum atomic E-state index is 15.2. The van der Waals surface area contributed by atoms with Crippen LogP contribution >= 0.6 is 23.8 Å². The van der Waals surface area contributed by atoms with Crippen LogP contribution in [0.3, 0.4) is 0 Å². The van der Waals surface area contributed by atoms with Gasteiger partial charge in [0.25, 0.3) is 0 Å². The van der Waals surface area contributed by atoms with E-state index in [1.807, 2.05) is 24.3 Å². The largest absolute Gasteiger partial charge is 0.375 e. The van der Waals surface area contributed by atoms with E-state index >= 15 is 4.39 Å². The van der Waals surface area contributed by atoms with Gasteiger partial charge in [-0.1, -0.05) is 29.8 Å². The van der Waals surface area contributed by atoms with Crippen LogP contribution in [0.1, 0.15) is 24.0 Å². The highest BCUT2D eigenvalue weighted by molar-refractivity contribution is 7.80. The Morgan fingerprint density at radius 3 is 2.44 bits per heavy atom. The summed E-state index contributed by atoms with van der Waals surface area (Å²) in [5.74, 6) is -0.246. The second-order valence-electron chi connectivity index (χ2n) is 8.15. The number of hydrazone groups is 1. The van der Waals surface area contributed by atoms with E-state index in [0.717, 1.165) is 74.9 Å². The van der Waals surface area contributed by atoms with Crippen LogP contribution in [0.25, 0.3) is 0 Å². The third-order valence-electron chi connectivity index (χ3n) is 5.99. The van der Waals surface area contributed by atoms with Gasteiger partial charge in [0.1, 0.15) is 5.82 Å². The molecule has 0 bridgehead atoms. The number of thiocarbonyl (C=S) groups is 1. The maximum Gasteiger partial charge on any atom is 0.184 e. The van der Waals surface area contributed by atoms with E-state index in [2.05, 4.69) is 31.3 Å². The molecule has 2 aromatic carbocycles. The van der Waals surface area contributed by atoms with E-state index in [9.17, 15) is 0 Å². The molecule has 0 spiro atoms. The lowest BCUT2D eigenvalue weighted by Crippen LogP contribution is -2.46. The molecule has 2 heterocycles. The number of hydrogen-bond donors (Lipinski definition) is 2. The number of rotatable bonds is 6. The van der Waals surface area contributed by atoms with Gasteiger partial charge in [-0.3, -0.25) is 10.3 Å². The molecule has 2 saturated heterocycles. The summed E-state index contributed by atoms with van der Waals surface area (Å²) in [6, 6.07) is 11.5. The number of benzene rings is 2. The fourth-order valence-electron chi connectivity index (χ4n) is 4.32. The molecule has 0 unspecified atom stereocenters. The predicted octanol–water partition coefficient (Wildman–Crippen LogP) is 3.57. The van der Waals surface area contributed by atoms with Gasteiger partial charge in [-0.05, 0) is 48.8 Å². The van der Waals surface area contributed by atoms with Crippen molar-refractivity contribution in [2.75, 3.05) is 49.1 Å². The molecule has 0 atom stereocenters. The fourth-order valence-corrected chi connectivity index (χ4v) is 4.57. The zero-order chi connectivity index (χ0) is 22.5. The minimum atomic E-state index is -0.246. The van der Waals surface area contributed by atoms with Gasteiger partial charge in [0.05, 0.1) is 11.9 Å². The molecule has 2 fully saturated rings. The molecule has 9 heteroatoms. The van der Waals surface area contributed by atoms with Gasteiger partial charge in [-0.2, -0.15) is 5.10 Å². The quantitative estimate of drug-likeness (QED) is 0.379. The molecule has 0 aromatic heterocycles. The normalized spacial score (nSPS) is 17.3. The first-order chi connectivity index (χ1) is 15.5. The van der Waals surface area contributed by atoms with Gasteiger partial charge in [0, 0.05) is 62.1 Å². The lowest BCUT2D eigenvalue weighted by atomic mass is 10.1. The Morgan fingerprint density at radius 1 is 1.06 bits per heavy atom. The summed E-state index contributed by atoms with van der Waals surface area (Å²) in [7, 11) is 0. The van der Waals surface area contributed by atoms with Gasteiger partial charge < -0.3 is 15.5 Å². The highest BCUT2D eigenvalue weighted by Crippen LogP contribution is 2.32. The van der Waals surface area contributed by atoms with Crippen LogP contribution in [0.4, 0.5) is 15.8 Å².